The number of carbonyl (C=O) groups is 1. The van der Waals surface area contributed by atoms with E-state index >= 15 is 0 Å². The van der Waals surface area contributed by atoms with Crippen LogP contribution in [-0.4, -0.2) is 21.7 Å². The van der Waals surface area contributed by atoms with E-state index in [0.29, 0.717) is 24.2 Å². The first-order valence-electron chi connectivity index (χ1n) is 9.61. The van der Waals surface area contributed by atoms with Crippen molar-refractivity contribution in [1.29, 1.82) is 0 Å². The topological polar surface area (TPSA) is 83.8 Å². The predicted octanol–water partition coefficient (Wildman–Crippen LogP) is 4.00. The molecule has 5 nitrogen and oxygen atoms in total. The molecule has 25 heavy (non-hydrogen) atoms. The van der Waals surface area contributed by atoms with Crippen LogP contribution in [0.4, 0.5) is 0 Å². The Morgan fingerprint density at radius 2 is 1.84 bits per heavy atom. The average Bonchev–Trinajstić information content (AvgIpc) is 2.83. The summed E-state index contributed by atoms with van der Waals surface area (Å²) >= 11 is 0. The van der Waals surface area contributed by atoms with Crippen molar-refractivity contribution in [3.8, 4) is 0 Å². The van der Waals surface area contributed by atoms with E-state index in [2.05, 4.69) is 13.8 Å². The lowest BCUT2D eigenvalue weighted by molar-refractivity contribution is -0.117. The molecule has 0 aliphatic heterocycles. The molecule has 0 spiro atoms. The highest BCUT2D eigenvalue weighted by molar-refractivity contribution is 7.46. The molecule has 0 aromatic heterocycles. The minimum atomic E-state index is -4.45. The second-order valence-corrected chi connectivity index (χ2v) is 10.4. The lowest BCUT2D eigenvalue weighted by Crippen LogP contribution is -2.51. The maximum atomic E-state index is 11.9. The summed E-state index contributed by atoms with van der Waals surface area (Å²) in [4.78, 5) is 30.4. The van der Waals surface area contributed by atoms with Crippen LogP contribution in [0.15, 0.2) is 11.6 Å². The molecule has 0 aromatic rings. The molecule has 0 bridgehead atoms. The summed E-state index contributed by atoms with van der Waals surface area (Å²) in [7, 11) is -4.45. The Morgan fingerprint density at radius 1 is 1.08 bits per heavy atom. The van der Waals surface area contributed by atoms with Crippen molar-refractivity contribution in [3.05, 3.63) is 11.6 Å². The molecule has 4 rings (SSSR count). The Bertz CT molecular complexity index is 667. The highest BCUT2D eigenvalue weighted by atomic mass is 31.2. The first-order chi connectivity index (χ1) is 11.6. The molecule has 0 radical (unpaired) electrons. The zero-order valence-electron chi connectivity index (χ0n) is 15.1. The lowest BCUT2D eigenvalue weighted by Gasteiger charge is -2.57. The Balaban J connectivity index is 1.61. The van der Waals surface area contributed by atoms with Crippen LogP contribution in [0.3, 0.4) is 0 Å². The van der Waals surface area contributed by atoms with E-state index in [-0.39, 0.29) is 22.7 Å². The molecule has 2 N–H and O–H groups in total. The molecular weight excluding hydrogens is 339 g/mol. The second kappa shape index (κ2) is 5.76. The molecule has 140 valence electrons. The summed E-state index contributed by atoms with van der Waals surface area (Å²) in [6, 6.07) is 0. The third-order valence-corrected chi connectivity index (χ3v) is 8.67. The number of carbonyl (C=O) groups excluding carboxylic acids is 1. The minimum Gasteiger partial charge on any atom is -0.303 e. The highest BCUT2D eigenvalue weighted by Gasteiger charge is 2.60. The summed E-state index contributed by atoms with van der Waals surface area (Å²) < 4.78 is 16.6. The largest absolute Gasteiger partial charge is 0.469 e. The molecule has 0 heterocycles. The van der Waals surface area contributed by atoms with E-state index in [0.717, 1.165) is 44.9 Å². The predicted molar refractivity (Wildman–Crippen MR) is 93.6 cm³/mol. The van der Waals surface area contributed by atoms with Crippen LogP contribution in [0.1, 0.15) is 65.2 Å². The number of rotatable bonds is 2. The summed E-state index contributed by atoms with van der Waals surface area (Å²) in [5.41, 5.74) is 1.36. The Labute approximate surface area is 149 Å². The Morgan fingerprint density at radius 3 is 2.56 bits per heavy atom. The standard InChI is InChI=1S/C19H29O5P/c1-18-9-7-13(20)11-12(18)3-4-14-15-5-6-17(24-25(21,22)23)19(15,2)10-8-16(14)18/h11,14-17H,3-10H2,1-2H3,(H2,21,22,23)/t14-,15+,16+,17+,18+,19+/m1/s1. The smallest absolute Gasteiger partial charge is 0.303 e. The van der Waals surface area contributed by atoms with Crippen LogP contribution in [0.25, 0.3) is 0 Å². The quantitative estimate of drug-likeness (QED) is 0.720. The van der Waals surface area contributed by atoms with Gasteiger partial charge in [0.1, 0.15) is 0 Å². The molecule has 0 aromatic carbocycles. The van der Waals surface area contributed by atoms with E-state index in [1.54, 1.807) is 0 Å². The number of phosphoric acid groups is 1. The fourth-order valence-corrected chi connectivity index (χ4v) is 7.53. The van der Waals surface area contributed by atoms with Crippen LogP contribution in [0, 0.1) is 28.6 Å². The van der Waals surface area contributed by atoms with Crippen molar-refractivity contribution in [2.24, 2.45) is 28.6 Å². The molecule has 3 saturated carbocycles. The van der Waals surface area contributed by atoms with Gasteiger partial charge in [-0.1, -0.05) is 19.4 Å². The van der Waals surface area contributed by atoms with Gasteiger partial charge < -0.3 is 9.79 Å². The first kappa shape index (κ1) is 17.9. The van der Waals surface area contributed by atoms with E-state index in [1.807, 2.05) is 6.08 Å². The van der Waals surface area contributed by atoms with E-state index < -0.39 is 7.82 Å². The Kier molecular flexibility index (Phi) is 4.12. The van der Waals surface area contributed by atoms with E-state index in [4.69, 9.17) is 4.52 Å². The molecule has 0 amide bonds. The highest BCUT2D eigenvalue weighted by Crippen LogP contribution is 2.66. The maximum Gasteiger partial charge on any atom is 0.469 e. The van der Waals surface area contributed by atoms with Crippen molar-refractivity contribution in [2.75, 3.05) is 0 Å². The number of allylic oxidation sites excluding steroid dienone is 1. The van der Waals surface area contributed by atoms with Crippen LogP contribution >= 0.6 is 7.82 Å². The van der Waals surface area contributed by atoms with Crippen LogP contribution in [0.5, 0.6) is 0 Å². The molecule has 4 aliphatic rings. The third-order valence-electron chi connectivity index (χ3n) is 8.14. The molecule has 6 atom stereocenters. The molecule has 0 unspecified atom stereocenters. The van der Waals surface area contributed by atoms with E-state index in [1.165, 1.54) is 5.57 Å². The van der Waals surface area contributed by atoms with Gasteiger partial charge in [0, 0.05) is 6.42 Å². The fourth-order valence-electron chi connectivity index (χ4n) is 6.85. The normalized spacial score (nSPS) is 46.9. The molecule has 6 heteroatoms. The number of ketones is 1. The van der Waals surface area contributed by atoms with Gasteiger partial charge in [0.05, 0.1) is 6.10 Å². The number of hydrogen-bond donors (Lipinski definition) is 2. The van der Waals surface area contributed by atoms with Crippen LogP contribution in [-0.2, 0) is 13.9 Å². The van der Waals surface area contributed by atoms with Gasteiger partial charge in [-0.3, -0.25) is 9.32 Å². The average molecular weight is 368 g/mol. The molecule has 3 fully saturated rings. The SMILES string of the molecule is C[C@]12CC[C@H]3[C@H](CCC4=CC(=O)CC[C@@]43C)[C@@H]1CC[C@@H]2OP(=O)(O)O. The zero-order valence-corrected chi connectivity index (χ0v) is 16.0. The van der Waals surface area contributed by atoms with Gasteiger partial charge in [-0.05, 0) is 79.6 Å². The van der Waals surface area contributed by atoms with Gasteiger partial charge in [0.2, 0.25) is 0 Å². The molecule has 4 aliphatic carbocycles. The zero-order chi connectivity index (χ0) is 18.0. The summed E-state index contributed by atoms with van der Waals surface area (Å²) in [6.07, 6.45) is 9.08. The summed E-state index contributed by atoms with van der Waals surface area (Å²) in [5, 5.41) is 0. The van der Waals surface area contributed by atoms with Gasteiger partial charge >= 0.3 is 7.82 Å². The first-order valence-corrected chi connectivity index (χ1v) is 11.1. The Hall–Kier alpha value is -0.480. The van der Waals surface area contributed by atoms with Crippen molar-refractivity contribution in [1.82, 2.24) is 0 Å². The second-order valence-electron chi connectivity index (χ2n) is 9.18. The molecule has 0 saturated heterocycles. The minimum absolute atomic E-state index is 0.135. The van der Waals surface area contributed by atoms with Crippen LogP contribution in [0.2, 0.25) is 0 Å². The summed E-state index contributed by atoms with van der Waals surface area (Å²) in [5.74, 6) is 1.92. The van der Waals surface area contributed by atoms with Crippen molar-refractivity contribution in [2.45, 2.75) is 71.3 Å². The monoisotopic (exact) mass is 368 g/mol. The van der Waals surface area contributed by atoms with Gasteiger partial charge in [-0.2, -0.15) is 0 Å². The number of fused-ring (bicyclic) bond motifs is 5. The van der Waals surface area contributed by atoms with Gasteiger partial charge in [0.25, 0.3) is 0 Å². The van der Waals surface area contributed by atoms with Crippen molar-refractivity contribution >= 4 is 13.6 Å². The fraction of sp³-hybridized carbons (Fsp3) is 0.842. The number of phosphoric ester groups is 1. The summed E-state index contributed by atoms with van der Waals surface area (Å²) in [6.45, 7) is 4.53. The third kappa shape index (κ3) is 2.79. The lowest BCUT2D eigenvalue weighted by atomic mass is 9.47. The van der Waals surface area contributed by atoms with Crippen molar-refractivity contribution < 1.29 is 23.7 Å². The van der Waals surface area contributed by atoms with Crippen molar-refractivity contribution in [3.63, 3.8) is 0 Å². The molecular formula is C19H29O5P. The number of hydrogen-bond acceptors (Lipinski definition) is 3. The van der Waals surface area contributed by atoms with Gasteiger partial charge in [-0.25, -0.2) is 4.57 Å². The van der Waals surface area contributed by atoms with Gasteiger partial charge in [0.15, 0.2) is 5.78 Å². The van der Waals surface area contributed by atoms with E-state index in [9.17, 15) is 19.1 Å². The van der Waals surface area contributed by atoms with Crippen LogP contribution < -0.4 is 0 Å². The van der Waals surface area contributed by atoms with Gasteiger partial charge in [-0.15, -0.1) is 0 Å². The maximum absolute atomic E-state index is 11.9.